The van der Waals surface area contributed by atoms with Crippen LogP contribution in [0.3, 0.4) is 0 Å². The van der Waals surface area contributed by atoms with Crippen LogP contribution in [0.2, 0.25) is 0 Å². The van der Waals surface area contributed by atoms with Gasteiger partial charge in [-0.2, -0.15) is 0 Å². The Bertz CT molecular complexity index is 1060. The predicted molar refractivity (Wildman–Crippen MR) is 134 cm³/mol. The fourth-order valence-electron chi connectivity index (χ4n) is 5.04. The topological polar surface area (TPSA) is 70.5 Å². The summed E-state index contributed by atoms with van der Waals surface area (Å²) in [6, 6.07) is 8.73. The van der Waals surface area contributed by atoms with E-state index in [1.165, 1.54) is 11.3 Å². The number of aliphatic hydroxyl groups is 1. The molecule has 2 saturated heterocycles. The van der Waals surface area contributed by atoms with Gasteiger partial charge >= 0.3 is 0 Å². The minimum absolute atomic E-state index is 0.0679. The van der Waals surface area contributed by atoms with E-state index in [1.807, 2.05) is 18.2 Å². The minimum atomic E-state index is -0.0679. The maximum Gasteiger partial charge on any atom is 0.131 e. The van der Waals surface area contributed by atoms with Crippen molar-refractivity contribution in [2.45, 2.75) is 39.1 Å². The number of methoxy groups -OCH3 is 1. The van der Waals surface area contributed by atoms with Gasteiger partial charge in [-0.15, -0.1) is 0 Å². The van der Waals surface area contributed by atoms with Crippen molar-refractivity contribution in [1.82, 2.24) is 4.98 Å². The number of aromatic nitrogens is 1. The van der Waals surface area contributed by atoms with Crippen LogP contribution < -0.4 is 19.4 Å². The molecule has 5 rings (SSSR count). The van der Waals surface area contributed by atoms with Crippen molar-refractivity contribution in [1.29, 1.82) is 0 Å². The van der Waals surface area contributed by atoms with Gasteiger partial charge in [0, 0.05) is 48.2 Å². The Kier molecular flexibility index (Phi) is 6.63. The second kappa shape index (κ2) is 9.82. The minimum Gasteiger partial charge on any atom is -0.496 e. The molecule has 1 aromatic heterocycles. The fourth-order valence-corrected chi connectivity index (χ4v) is 5.04. The monoisotopic (exact) mass is 466 g/mol. The van der Waals surface area contributed by atoms with Crippen LogP contribution in [0, 0.1) is 0 Å². The quantitative estimate of drug-likeness (QED) is 0.721. The lowest BCUT2D eigenvalue weighted by Crippen LogP contribution is -2.46. The summed E-state index contributed by atoms with van der Waals surface area (Å²) in [5.74, 6) is 1.70. The Hall–Kier alpha value is -2.81. The molecular weight excluding hydrogens is 432 g/mol. The van der Waals surface area contributed by atoms with Gasteiger partial charge in [0.25, 0.3) is 0 Å². The predicted octanol–water partition coefficient (Wildman–Crippen LogP) is 3.02. The molecule has 2 fully saturated rings. The van der Waals surface area contributed by atoms with Gasteiger partial charge in [-0.1, -0.05) is 0 Å². The van der Waals surface area contributed by atoms with Crippen molar-refractivity contribution >= 4 is 23.3 Å². The third-order valence-corrected chi connectivity index (χ3v) is 6.95. The van der Waals surface area contributed by atoms with Crippen molar-refractivity contribution in [2.24, 2.45) is 0 Å². The number of pyridine rings is 1. The summed E-state index contributed by atoms with van der Waals surface area (Å²) in [6.07, 6.45) is 4.28. The van der Waals surface area contributed by atoms with E-state index >= 15 is 0 Å². The summed E-state index contributed by atoms with van der Waals surface area (Å²) in [4.78, 5) is 12.2. The summed E-state index contributed by atoms with van der Waals surface area (Å²) < 4.78 is 16.8. The van der Waals surface area contributed by atoms with Gasteiger partial charge in [-0.3, -0.25) is 0 Å². The van der Waals surface area contributed by atoms with E-state index in [2.05, 4.69) is 46.9 Å². The summed E-state index contributed by atoms with van der Waals surface area (Å²) in [6.45, 7) is 9.59. The van der Waals surface area contributed by atoms with Gasteiger partial charge < -0.3 is 34.0 Å². The second-order valence-corrected chi connectivity index (χ2v) is 9.19. The van der Waals surface area contributed by atoms with Gasteiger partial charge in [0.2, 0.25) is 0 Å². The van der Waals surface area contributed by atoms with Crippen molar-refractivity contribution in [2.75, 3.05) is 61.3 Å². The molecule has 0 amide bonds. The molecule has 34 heavy (non-hydrogen) atoms. The number of morpholine rings is 2. The van der Waals surface area contributed by atoms with Crippen LogP contribution in [0.5, 0.6) is 5.75 Å². The largest absolute Gasteiger partial charge is 0.496 e. The molecule has 0 bridgehead atoms. The van der Waals surface area contributed by atoms with E-state index in [4.69, 9.17) is 19.2 Å². The summed E-state index contributed by atoms with van der Waals surface area (Å²) >= 11 is 0. The Labute approximate surface area is 201 Å². The van der Waals surface area contributed by atoms with Gasteiger partial charge in [0.05, 0.1) is 64.1 Å². The Morgan fingerprint density at radius 2 is 1.79 bits per heavy atom. The van der Waals surface area contributed by atoms with Crippen LogP contribution in [0.25, 0.3) is 6.08 Å². The number of rotatable bonds is 5. The van der Waals surface area contributed by atoms with Gasteiger partial charge in [0.15, 0.2) is 0 Å². The average molecular weight is 467 g/mol. The van der Waals surface area contributed by atoms with Crippen LogP contribution in [0.4, 0.5) is 17.2 Å². The van der Waals surface area contributed by atoms with Gasteiger partial charge in [-0.05, 0) is 38.1 Å². The highest BCUT2D eigenvalue weighted by molar-refractivity contribution is 5.77. The number of fused-ring (bicyclic) bond motifs is 1. The number of ether oxygens (including phenoxy) is 3. The third kappa shape index (κ3) is 4.33. The van der Waals surface area contributed by atoms with Crippen molar-refractivity contribution < 1.29 is 19.3 Å². The van der Waals surface area contributed by atoms with E-state index in [0.717, 1.165) is 49.1 Å². The van der Waals surface area contributed by atoms with Crippen LogP contribution >= 0.6 is 0 Å². The molecule has 1 N–H and O–H groups in total. The number of benzene rings is 1. The molecule has 0 radical (unpaired) electrons. The normalized spacial score (nSPS) is 22.6. The summed E-state index contributed by atoms with van der Waals surface area (Å²) in [5.41, 5.74) is 5.21. The number of hydrogen-bond acceptors (Lipinski definition) is 8. The summed E-state index contributed by atoms with van der Waals surface area (Å²) in [5, 5.41) is 9.78. The number of hydrogen-bond donors (Lipinski definition) is 1. The van der Waals surface area contributed by atoms with Gasteiger partial charge in [-0.25, -0.2) is 4.98 Å². The molecule has 8 heteroatoms. The molecule has 0 unspecified atom stereocenters. The molecule has 2 atom stereocenters. The third-order valence-electron chi connectivity index (χ3n) is 6.95. The fraction of sp³-hybridized carbons (Fsp3) is 0.500. The van der Waals surface area contributed by atoms with Crippen LogP contribution in [-0.4, -0.2) is 68.8 Å². The SMILES string of the molecule is COc1ccc(N2C=Cc3c(N4CCOC[C@@H]4C)cc(N4CCOC[C@@H]4C)nc3C2)cc1CO. The molecule has 182 valence electrons. The first kappa shape index (κ1) is 23.0. The molecule has 3 aliphatic heterocycles. The molecular formula is C26H34N4O4. The molecule has 2 aromatic rings. The molecule has 0 saturated carbocycles. The van der Waals surface area contributed by atoms with Crippen LogP contribution in [0.15, 0.2) is 30.5 Å². The smallest absolute Gasteiger partial charge is 0.131 e. The van der Waals surface area contributed by atoms with E-state index in [0.29, 0.717) is 31.5 Å². The van der Waals surface area contributed by atoms with E-state index in [-0.39, 0.29) is 12.6 Å². The van der Waals surface area contributed by atoms with E-state index in [1.54, 1.807) is 7.11 Å². The zero-order valence-corrected chi connectivity index (χ0v) is 20.2. The average Bonchev–Trinajstić information content (AvgIpc) is 2.88. The first-order valence-electron chi connectivity index (χ1n) is 12.0. The molecule has 4 heterocycles. The highest BCUT2D eigenvalue weighted by Gasteiger charge is 2.28. The Balaban J connectivity index is 1.54. The Morgan fingerprint density at radius 3 is 2.47 bits per heavy atom. The lowest BCUT2D eigenvalue weighted by molar-refractivity contribution is 0.0980. The van der Waals surface area contributed by atoms with Gasteiger partial charge in [0.1, 0.15) is 11.6 Å². The van der Waals surface area contributed by atoms with Crippen molar-refractivity contribution in [3.63, 3.8) is 0 Å². The number of anilines is 3. The second-order valence-electron chi connectivity index (χ2n) is 9.19. The first-order chi connectivity index (χ1) is 16.6. The zero-order chi connectivity index (χ0) is 23.7. The maximum absolute atomic E-state index is 9.78. The molecule has 3 aliphatic rings. The number of aliphatic hydroxyl groups excluding tert-OH is 1. The molecule has 0 aliphatic carbocycles. The summed E-state index contributed by atoms with van der Waals surface area (Å²) in [7, 11) is 1.62. The molecule has 8 nitrogen and oxygen atoms in total. The Morgan fingerprint density at radius 1 is 1.06 bits per heavy atom. The van der Waals surface area contributed by atoms with Crippen molar-refractivity contribution in [3.8, 4) is 5.75 Å². The molecule has 0 spiro atoms. The van der Waals surface area contributed by atoms with Crippen LogP contribution in [0.1, 0.15) is 30.7 Å². The van der Waals surface area contributed by atoms with Crippen molar-refractivity contribution in [3.05, 3.63) is 47.3 Å². The highest BCUT2D eigenvalue weighted by Crippen LogP contribution is 2.36. The zero-order valence-electron chi connectivity index (χ0n) is 20.2. The maximum atomic E-state index is 9.78. The standard InChI is InChI=1S/C26H34N4O4/c1-18-16-33-10-8-29(18)24-13-26(30-9-11-34-17-19(30)2)27-23-14-28(7-6-22(23)24)21-4-5-25(32-3)20(12-21)15-31/h4-7,12-13,18-19,31H,8-11,14-17H2,1-3H3/t18-,19-/m0/s1. The lowest BCUT2D eigenvalue weighted by atomic mass is 10.0. The number of nitrogens with zero attached hydrogens (tertiary/aromatic N) is 4. The highest BCUT2D eigenvalue weighted by atomic mass is 16.5. The lowest BCUT2D eigenvalue weighted by Gasteiger charge is -2.40. The van der Waals surface area contributed by atoms with E-state index < -0.39 is 0 Å². The molecule has 1 aromatic carbocycles. The van der Waals surface area contributed by atoms with E-state index in [9.17, 15) is 5.11 Å². The van der Waals surface area contributed by atoms with Crippen LogP contribution in [-0.2, 0) is 22.6 Å². The first-order valence-corrected chi connectivity index (χ1v) is 12.0.